The van der Waals surface area contributed by atoms with Crippen molar-refractivity contribution in [1.29, 1.82) is 0 Å². The van der Waals surface area contributed by atoms with Crippen molar-refractivity contribution in [1.82, 2.24) is 9.55 Å². The molecule has 6 heteroatoms. The SMILES string of the molecule is N[C@@H](Cc1ccc(O)c(-n2ccnc2)c1)C(=O)O. The predicted molar refractivity (Wildman–Crippen MR) is 64.5 cm³/mol. The standard InChI is InChI=1S/C12H13N3O3/c13-9(12(17)18)5-8-1-2-11(16)10(6-8)15-4-3-14-7-15/h1-4,6-7,9,16H,5,13H2,(H,17,18)/t9-/m0/s1. The summed E-state index contributed by atoms with van der Waals surface area (Å²) < 4.78 is 1.64. The number of aromatic nitrogens is 2. The summed E-state index contributed by atoms with van der Waals surface area (Å²) in [5.74, 6) is -0.951. The second-order valence-electron chi connectivity index (χ2n) is 3.94. The van der Waals surface area contributed by atoms with Crippen molar-refractivity contribution in [2.45, 2.75) is 12.5 Å². The molecule has 0 saturated carbocycles. The smallest absolute Gasteiger partial charge is 0.320 e. The molecule has 2 rings (SSSR count). The third-order valence-electron chi connectivity index (χ3n) is 2.60. The van der Waals surface area contributed by atoms with Gasteiger partial charge in [-0.2, -0.15) is 0 Å². The van der Waals surface area contributed by atoms with Gasteiger partial charge in [0.2, 0.25) is 0 Å². The van der Waals surface area contributed by atoms with E-state index in [2.05, 4.69) is 4.98 Å². The van der Waals surface area contributed by atoms with Crippen molar-refractivity contribution in [3.63, 3.8) is 0 Å². The molecule has 1 heterocycles. The Morgan fingerprint density at radius 2 is 2.28 bits per heavy atom. The third-order valence-corrected chi connectivity index (χ3v) is 2.60. The number of hydrogen-bond donors (Lipinski definition) is 3. The molecule has 4 N–H and O–H groups in total. The highest BCUT2D eigenvalue weighted by atomic mass is 16.4. The first kappa shape index (κ1) is 12.1. The van der Waals surface area contributed by atoms with Crippen LogP contribution in [-0.2, 0) is 11.2 Å². The molecule has 0 aliphatic heterocycles. The number of carboxylic acid groups (broad SMARTS) is 1. The summed E-state index contributed by atoms with van der Waals surface area (Å²) in [5, 5.41) is 18.5. The summed E-state index contributed by atoms with van der Waals surface area (Å²) >= 11 is 0. The van der Waals surface area contributed by atoms with Gasteiger partial charge in [-0.05, 0) is 24.1 Å². The summed E-state index contributed by atoms with van der Waals surface area (Å²) in [4.78, 5) is 14.6. The highest BCUT2D eigenvalue weighted by molar-refractivity contribution is 5.73. The molecule has 0 bridgehead atoms. The van der Waals surface area contributed by atoms with Crippen LogP contribution in [0.3, 0.4) is 0 Å². The van der Waals surface area contributed by atoms with E-state index in [1.165, 1.54) is 6.07 Å². The number of hydrogen-bond acceptors (Lipinski definition) is 4. The number of rotatable bonds is 4. The first-order chi connectivity index (χ1) is 8.58. The van der Waals surface area contributed by atoms with E-state index in [-0.39, 0.29) is 12.2 Å². The van der Waals surface area contributed by atoms with Crippen molar-refractivity contribution in [3.05, 3.63) is 42.5 Å². The number of carbonyl (C=O) groups is 1. The van der Waals surface area contributed by atoms with Crippen LogP contribution in [0, 0.1) is 0 Å². The Labute approximate surface area is 103 Å². The van der Waals surface area contributed by atoms with Crippen LogP contribution >= 0.6 is 0 Å². The van der Waals surface area contributed by atoms with Gasteiger partial charge in [0.05, 0.1) is 12.0 Å². The fourth-order valence-corrected chi connectivity index (χ4v) is 1.65. The molecule has 18 heavy (non-hydrogen) atoms. The van der Waals surface area contributed by atoms with Gasteiger partial charge in [0.15, 0.2) is 0 Å². The molecular formula is C12H13N3O3. The average molecular weight is 247 g/mol. The third kappa shape index (κ3) is 2.49. The van der Waals surface area contributed by atoms with Crippen molar-refractivity contribution in [2.24, 2.45) is 5.73 Å². The summed E-state index contributed by atoms with van der Waals surface area (Å²) in [6.45, 7) is 0. The average Bonchev–Trinajstić information content (AvgIpc) is 2.85. The van der Waals surface area contributed by atoms with E-state index >= 15 is 0 Å². The van der Waals surface area contributed by atoms with Gasteiger partial charge in [-0.1, -0.05) is 6.07 Å². The van der Waals surface area contributed by atoms with E-state index in [1.54, 1.807) is 35.4 Å². The minimum absolute atomic E-state index is 0.0978. The maximum atomic E-state index is 10.7. The van der Waals surface area contributed by atoms with Crippen LogP contribution < -0.4 is 5.73 Å². The van der Waals surface area contributed by atoms with Crippen LogP contribution in [0.15, 0.2) is 36.9 Å². The Morgan fingerprint density at radius 3 is 2.89 bits per heavy atom. The van der Waals surface area contributed by atoms with E-state index in [4.69, 9.17) is 10.8 Å². The molecule has 0 aliphatic carbocycles. The van der Waals surface area contributed by atoms with Crippen LogP contribution in [0.1, 0.15) is 5.56 Å². The second kappa shape index (κ2) is 4.89. The molecule has 1 aromatic heterocycles. The Morgan fingerprint density at radius 1 is 1.50 bits per heavy atom. The van der Waals surface area contributed by atoms with E-state index in [0.717, 1.165) is 5.56 Å². The predicted octanol–water partition coefficient (Wildman–Crippen LogP) is 0.532. The Kier molecular flexibility index (Phi) is 3.29. The Balaban J connectivity index is 2.30. The van der Waals surface area contributed by atoms with Gasteiger partial charge in [0.25, 0.3) is 0 Å². The zero-order chi connectivity index (χ0) is 13.1. The number of nitrogens with zero attached hydrogens (tertiary/aromatic N) is 2. The molecule has 1 aromatic carbocycles. The van der Waals surface area contributed by atoms with Gasteiger partial charge in [-0.25, -0.2) is 4.98 Å². The maximum Gasteiger partial charge on any atom is 0.320 e. The van der Waals surface area contributed by atoms with Crippen LogP contribution in [0.25, 0.3) is 5.69 Å². The molecule has 0 spiro atoms. The quantitative estimate of drug-likeness (QED) is 0.731. The second-order valence-corrected chi connectivity index (χ2v) is 3.94. The lowest BCUT2D eigenvalue weighted by atomic mass is 10.1. The zero-order valence-corrected chi connectivity index (χ0v) is 9.52. The topological polar surface area (TPSA) is 101 Å². The fraction of sp³-hybridized carbons (Fsp3) is 0.167. The lowest BCUT2D eigenvalue weighted by molar-refractivity contribution is -0.138. The zero-order valence-electron chi connectivity index (χ0n) is 9.52. The van der Waals surface area contributed by atoms with Crippen LogP contribution in [0.4, 0.5) is 0 Å². The lowest BCUT2D eigenvalue weighted by Gasteiger charge is -2.10. The minimum atomic E-state index is -1.05. The molecule has 0 radical (unpaired) electrons. The van der Waals surface area contributed by atoms with Crippen molar-refractivity contribution in [2.75, 3.05) is 0 Å². The molecule has 6 nitrogen and oxygen atoms in total. The molecule has 1 atom stereocenters. The van der Waals surface area contributed by atoms with E-state index < -0.39 is 12.0 Å². The molecule has 94 valence electrons. The van der Waals surface area contributed by atoms with Crippen molar-refractivity contribution >= 4 is 5.97 Å². The fourth-order valence-electron chi connectivity index (χ4n) is 1.65. The molecule has 2 aromatic rings. The number of phenolic OH excluding ortho intramolecular Hbond substituents is 1. The largest absolute Gasteiger partial charge is 0.506 e. The van der Waals surface area contributed by atoms with Crippen molar-refractivity contribution < 1.29 is 15.0 Å². The number of phenols is 1. The highest BCUT2D eigenvalue weighted by Crippen LogP contribution is 2.23. The summed E-state index contributed by atoms with van der Waals surface area (Å²) in [6.07, 6.45) is 5.04. The number of carboxylic acids is 1. The summed E-state index contributed by atoms with van der Waals surface area (Å²) in [5.41, 5.74) is 6.76. The molecular weight excluding hydrogens is 234 g/mol. The van der Waals surface area contributed by atoms with Gasteiger partial charge in [0, 0.05) is 12.4 Å². The van der Waals surface area contributed by atoms with Crippen molar-refractivity contribution in [3.8, 4) is 11.4 Å². The van der Waals surface area contributed by atoms with Crippen LogP contribution in [0.2, 0.25) is 0 Å². The van der Waals surface area contributed by atoms with E-state index in [9.17, 15) is 9.90 Å². The van der Waals surface area contributed by atoms with Crippen LogP contribution in [0.5, 0.6) is 5.75 Å². The molecule has 0 unspecified atom stereocenters. The van der Waals surface area contributed by atoms with E-state index in [1.807, 2.05) is 0 Å². The van der Waals surface area contributed by atoms with Gasteiger partial charge >= 0.3 is 5.97 Å². The number of benzene rings is 1. The number of imidazole rings is 1. The Hall–Kier alpha value is -2.34. The Bertz CT molecular complexity index is 552. The van der Waals surface area contributed by atoms with Gasteiger partial charge in [0.1, 0.15) is 11.8 Å². The first-order valence-electron chi connectivity index (χ1n) is 5.36. The monoisotopic (exact) mass is 247 g/mol. The minimum Gasteiger partial charge on any atom is -0.506 e. The van der Waals surface area contributed by atoms with Gasteiger partial charge in [-0.3, -0.25) is 4.79 Å². The lowest BCUT2D eigenvalue weighted by Crippen LogP contribution is -2.32. The van der Waals surface area contributed by atoms with E-state index in [0.29, 0.717) is 5.69 Å². The highest BCUT2D eigenvalue weighted by Gasteiger charge is 2.13. The molecule has 0 fully saturated rings. The summed E-state index contributed by atoms with van der Waals surface area (Å²) in [7, 11) is 0. The molecule has 0 amide bonds. The first-order valence-corrected chi connectivity index (χ1v) is 5.36. The van der Waals surface area contributed by atoms with Gasteiger partial charge < -0.3 is 20.5 Å². The number of aliphatic carboxylic acids is 1. The normalized spacial score (nSPS) is 12.3. The number of aromatic hydroxyl groups is 1. The summed E-state index contributed by atoms with van der Waals surface area (Å²) in [6, 6.07) is 3.91. The maximum absolute atomic E-state index is 10.7. The van der Waals surface area contributed by atoms with Gasteiger partial charge in [-0.15, -0.1) is 0 Å². The number of nitrogens with two attached hydrogens (primary N) is 1. The van der Waals surface area contributed by atoms with Crippen LogP contribution in [-0.4, -0.2) is 31.8 Å². The molecule has 0 aliphatic rings. The molecule has 0 saturated heterocycles.